The van der Waals surface area contributed by atoms with Crippen molar-refractivity contribution in [3.8, 4) is 0 Å². The molecule has 0 saturated heterocycles. The quantitative estimate of drug-likeness (QED) is 0.0431. The lowest BCUT2D eigenvalue weighted by Crippen LogP contribution is -2.26. The van der Waals surface area contributed by atoms with Gasteiger partial charge in [-0.2, -0.15) is 5.48 Å². The van der Waals surface area contributed by atoms with Crippen LogP contribution in [-0.4, -0.2) is 36.9 Å². The van der Waals surface area contributed by atoms with Crippen LogP contribution in [0.3, 0.4) is 0 Å². The number of nitrogens with zero attached hydrogens (tertiary/aromatic N) is 1. The maximum absolute atomic E-state index is 11.9. The highest BCUT2D eigenvalue weighted by atomic mass is 16.7. The van der Waals surface area contributed by atoms with Crippen molar-refractivity contribution in [3.05, 3.63) is 24.3 Å². The topological polar surface area (TPSA) is 58.6 Å². The van der Waals surface area contributed by atoms with Crippen LogP contribution in [0.2, 0.25) is 0 Å². The van der Waals surface area contributed by atoms with E-state index in [4.69, 9.17) is 4.84 Å². The van der Waals surface area contributed by atoms with Gasteiger partial charge < -0.3 is 9.74 Å². The van der Waals surface area contributed by atoms with Gasteiger partial charge in [0.05, 0.1) is 0 Å². The van der Waals surface area contributed by atoms with E-state index in [-0.39, 0.29) is 11.9 Å². The van der Waals surface area contributed by atoms with E-state index in [0.717, 1.165) is 38.5 Å². The molecule has 0 aromatic rings. The van der Waals surface area contributed by atoms with Crippen LogP contribution in [0.25, 0.3) is 0 Å². The third kappa shape index (κ3) is 44.4. The van der Waals surface area contributed by atoms with Crippen molar-refractivity contribution in [3.63, 3.8) is 0 Å². The van der Waals surface area contributed by atoms with Crippen molar-refractivity contribution in [2.45, 2.75) is 214 Å². The molecule has 0 atom stereocenters. The van der Waals surface area contributed by atoms with E-state index in [1.54, 1.807) is 0 Å². The number of rotatable bonds is 33. The second kappa shape index (κ2) is 42.4. The minimum Gasteiger partial charge on any atom is -0.341 e. The van der Waals surface area contributed by atoms with E-state index in [1.807, 2.05) is 0 Å². The number of amides is 1. The van der Waals surface area contributed by atoms with Crippen LogP contribution in [0.4, 0.5) is 0 Å². The first-order valence-electron chi connectivity index (χ1n) is 20.5. The molecular formula is C42H82N2O3. The zero-order valence-corrected chi connectivity index (χ0v) is 32.4. The summed E-state index contributed by atoms with van der Waals surface area (Å²) in [4.78, 5) is 31.0. The van der Waals surface area contributed by atoms with Crippen molar-refractivity contribution in [2.24, 2.45) is 0 Å². The van der Waals surface area contributed by atoms with Crippen molar-refractivity contribution in [2.75, 3.05) is 20.1 Å². The maximum Gasteiger partial charge on any atom is 0.332 e. The molecule has 0 radical (unpaired) electrons. The van der Waals surface area contributed by atoms with Gasteiger partial charge in [-0.3, -0.25) is 4.79 Å². The summed E-state index contributed by atoms with van der Waals surface area (Å²) >= 11 is 0. The summed E-state index contributed by atoms with van der Waals surface area (Å²) in [7, 11) is 2.14. The first-order valence-corrected chi connectivity index (χ1v) is 20.5. The van der Waals surface area contributed by atoms with Crippen LogP contribution in [0.5, 0.6) is 0 Å². The molecule has 0 bridgehead atoms. The van der Waals surface area contributed by atoms with Crippen LogP contribution in [0, 0.1) is 0 Å². The Morgan fingerprint density at radius 2 is 0.851 bits per heavy atom. The highest BCUT2D eigenvalue weighted by Gasteiger charge is 2.07. The highest BCUT2D eigenvalue weighted by Crippen LogP contribution is 2.12. The summed E-state index contributed by atoms with van der Waals surface area (Å²) in [6.45, 7) is 11.3. The van der Waals surface area contributed by atoms with Crippen LogP contribution >= 0.6 is 0 Å². The molecule has 5 heteroatoms. The highest BCUT2D eigenvalue weighted by molar-refractivity contribution is 5.77. The van der Waals surface area contributed by atoms with Gasteiger partial charge in [0, 0.05) is 12.8 Å². The fourth-order valence-electron chi connectivity index (χ4n) is 5.45. The molecule has 1 amide bonds. The Kier molecular flexibility index (Phi) is 42.9. The summed E-state index contributed by atoms with van der Waals surface area (Å²) in [5, 5.41) is 0. The van der Waals surface area contributed by atoms with Crippen molar-refractivity contribution < 1.29 is 14.4 Å². The number of hydrogen-bond acceptors (Lipinski definition) is 4. The molecule has 5 nitrogen and oxygen atoms in total. The van der Waals surface area contributed by atoms with E-state index in [1.165, 1.54) is 148 Å². The molecule has 0 unspecified atom stereocenters. The van der Waals surface area contributed by atoms with Gasteiger partial charge in [-0.05, 0) is 90.8 Å². The van der Waals surface area contributed by atoms with E-state index in [9.17, 15) is 9.59 Å². The monoisotopic (exact) mass is 663 g/mol. The molecule has 0 heterocycles. The Labute approximate surface area is 294 Å². The number of carbonyl (C=O) groups excluding carboxylic acids is 2. The lowest BCUT2D eigenvalue weighted by atomic mass is 10.1. The fourth-order valence-corrected chi connectivity index (χ4v) is 5.45. The Bertz CT molecular complexity index is 639. The molecule has 0 saturated carbocycles. The summed E-state index contributed by atoms with van der Waals surface area (Å²) in [6, 6.07) is 0. The average molecular weight is 663 g/mol. The summed E-state index contributed by atoms with van der Waals surface area (Å²) in [5.41, 5.74) is 2.33. The van der Waals surface area contributed by atoms with Crippen LogP contribution < -0.4 is 5.48 Å². The molecule has 278 valence electrons. The minimum atomic E-state index is -0.324. The van der Waals surface area contributed by atoms with Gasteiger partial charge in [-0.1, -0.05) is 155 Å². The number of carbonyl (C=O) groups is 2. The zero-order chi connectivity index (χ0) is 34.9. The molecule has 0 rings (SSSR count). The van der Waals surface area contributed by atoms with Crippen molar-refractivity contribution in [1.82, 2.24) is 10.4 Å². The standard InChI is InChI=1S/C36H67NO3.C6H15N/c1-3-5-7-9-11-13-15-17-19-21-23-25-27-29-31-33-35(38)37-40-36(39)34-32-30-28-26-24-22-20-18-16-14-12-10-8-6-4-2;1-4-6-7(3)5-2/h17-20H,3-16,21-34H2,1-2H3,(H,37,38);4-6H2,1-3H3. The molecule has 0 fully saturated rings. The predicted octanol–water partition coefficient (Wildman–Crippen LogP) is 13.0. The van der Waals surface area contributed by atoms with Gasteiger partial charge in [0.25, 0.3) is 5.91 Å². The van der Waals surface area contributed by atoms with E-state index in [0.29, 0.717) is 12.8 Å². The van der Waals surface area contributed by atoms with Crippen LogP contribution in [-0.2, 0) is 14.4 Å². The molecular weight excluding hydrogens is 580 g/mol. The molecule has 0 aromatic heterocycles. The Morgan fingerprint density at radius 1 is 0.489 bits per heavy atom. The molecule has 47 heavy (non-hydrogen) atoms. The van der Waals surface area contributed by atoms with Crippen molar-refractivity contribution in [1.29, 1.82) is 0 Å². The molecule has 0 aliphatic rings. The zero-order valence-electron chi connectivity index (χ0n) is 32.4. The second-order valence-corrected chi connectivity index (χ2v) is 13.6. The smallest absolute Gasteiger partial charge is 0.332 e. The van der Waals surface area contributed by atoms with E-state index >= 15 is 0 Å². The SMILES string of the molecule is CCCCCCCCC=CCCCCCCCC(=O)NOC(=O)CCCCCCCC=CCCCCCCCC.CCCN(C)CC. The van der Waals surface area contributed by atoms with Gasteiger partial charge in [-0.15, -0.1) is 0 Å². The number of hydrogen-bond donors (Lipinski definition) is 1. The number of nitrogens with one attached hydrogen (secondary N) is 1. The average Bonchev–Trinajstić information content (AvgIpc) is 3.07. The Balaban J connectivity index is 0. The predicted molar refractivity (Wildman–Crippen MR) is 207 cm³/mol. The third-order valence-corrected chi connectivity index (χ3v) is 8.73. The van der Waals surface area contributed by atoms with E-state index in [2.05, 4.69) is 69.4 Å². The summed E-state index contributed by atoms with van der Waals surface area (Å²) in [5.74, 6) is -0.508. The number of allylic oxidation sites excluding steroid dienone is 4. The molecule has 0 aliphatic heterocycles. The molecule has 0 aliphatic carbocycles. The molecule has 1 N–H and O–H groups in total. The first kappa shape index (κ1) is 47.5. The van der Waals surface area contributed by atoms with Crippen LogP contribution in [0.15, 0.2) is 24.3 Å². The lowest BCUT2D eigenvalue weighted by molar-refractivity contribution is -0.158. The van der Waals surface area contributed by atoms with Crippen molar-refractivity contribution >= 4 is 11.9 Å². The lowest BCUT2D eigenvalue weighted by Gasteiger charge is -2.10. The molecule has 0 aromatic carbocycles. The van der Waals surface area contributed by atoms with E-state index < -0.39 is 0 Å². The van der Waals surface area contributed by atoms with Gasteiger partial charge >= 0.3 is 5.97 Å². The van der Waals surface area contributed by atoms with Gasteiger partial charge in [0.1, 0.15) is 0 Å². The first-order chi connectivity index (χ1) is 23.0. The number of unbranched alkanes of at least 4 members (excludes halogenated alkanes) is 22. The maximum atomic E-state index is 11.9. The fraction of sp³-hybridized carbons (Fsp3) is 0.857. The summed E-state index contributed by atoms with van der Waals surface area (Å²) < 4.78 is 0. The normalized spacial score (nSPS) is 11.4. The van der Waals surface area contributed by atoms with Crippen LogP contribution in [0.1, 0.15) is 214 Å². The largest absolute Gasteiger partial charge is 0.341 e. The Morgan fingerprint density at radius 3 is 1.21 bits per heavy atom. The molecule has 0 spiro atoms. The van der Waals surface area contributed by atoms with Gasteiger partial charge in [-0.25, -0.2) is 4.79 Å². The Hall–Kier alpha value is -1.62. The minimum absolute atomic E-state index is 0.185. The summed E-state index contributed by atoms with van der Waals surface area (Å²) in [6.07, 6.45) is 43.6. The number of hydroxylamine groups is 1. The van der Waals surface area contributed by atoms with Gasteiger partial charge in [0.2, 0.25) is 0 Å². The second-order valence-electron chi connectivity index (χ2n) is 13.6. The van der Waals surface area contributed by atoms with Gasteiger partial charge in [0.15, 0.2) is 0 Å². The third-order valence-electron chi connectivity index (χ3n) is 8.73.